The van der Waals surface area contributed by atoms with Crippen molar-refractivity contribution in [1.82, 2.24) is 0 Å². The van der Waals surface area contributed by atoms with E-state index in [1.54, 1.807) is 18.2 Å². The van der Waals surface area contributed by atoms with Gasteiger partial charge in [-0.1, -0.05) is 96.0 Å². The van der Waals surface area contributed by atoms with Crippen LogP contribution >= 0.6 is 23.2 Å². The minimum absolute atomic E-state index is 0.111. The van der Waals surface area contributed by atoms with Crippen molar-refractivity contribution in [1.29, 1.82) is 0 Å². The van der Waals surface area contributed by atoms with Crippen LogP contribution in [0.15, 0.2) is 96.6 Å². The van der Waals surface area contributed by atoms with E-state index in [2.05, 4.69) is 36.4 Å². The molecule has 0 N–H and O–H groups in total. The maximum absolute atomic E-state index is 13.6. The van der Waals surface area contributed by atoms with Crippen LogP contribution in [0.3, 0.4) is 0 Å². The lowest BCUT2D eigenvalue weighted by Gasteiger charge is -2.22. The van der Waals surface area contributed by atoms with Crippen molar-refractivity contribution in [2.24, 2.45) is 23.7 Å². The van der Waals surface area contributed by atoms with Crippen LogP contribution in [-0.4, -0.2) is 11.8 Å². The molecule has 2 fully saturated rings. The number of anilines is 1. The van der Waals surface area contributed by atoms with Gasteiger partial charge in [-0.25, -0.2) is 4.90 Å². The lowest BCUT2D eigenvalue weighted by atomic mass is 9.85. The summed E-state index contributed by atoms with van der Waals surface area (Å²) >= 11 is 12.2. The van der Waals surface area contributed by atoms with Gasteiger partial charge in [0.2, 0.25) is 11.8 Å². The lowest BCUT2D eigenvalue weighted by molar-refractivity contribution is -0.122. The fourth-order valence-electron chi connectivity index (χ4n) is 5.68. The normalized spacial score (nSPS) is 25.2. The molecule has 4 atom stereocenters. The second kappa shape index (κ2) is 7.72. The molecule has 3 aromatic rings. The molecule has 3 aromatic carbocycles. The number of imide groups is 1. The average Bonchev–Trinajstić information content (AvgIpc) is 3.47. The number of hydrogen-bond donors (Lipinski definition) is 0. The zero-order chi connectivity index (χ0) is 22.7. The molecule has 3 aliphatic rings. The highest BCUT2D eigenvalue weighted by atomic mass is 35.5. The van der Waals surface area contributed by atoms with Gasteiger partial charge in [0.05, 0.1) is 27.6 Å². The van der Waals surface area contributed by atoms with Crippen molar-refractivity contribution >= 4 is 46.3 Å². The first kappa shape index (κ1) is 20.5. The van der Waals surface area contributed by atoms with E-state index in [1.807, 2.05) is 36.4 Å². The molecule has 0 radical (unpaired) electrons. The van der Waals surface area contributed by atoms with Gasteiger partial charge in [-0.15, -0.1) is 0 Å². The molecule has 33 heavy (non-hydrogen) atoms. The summed E-state index contributed by atoms with van der Waals surface area (Å²) < 4.78 is 0. The number of hydrogen-bond acceptors (Lipinski definition) is 2. The van der Waals surface area contributed by atoms with Gasteiger partial charge in [0.1, 0.15) is 0 Å². The number of nitrogens with zero attached hydrogens (tertiary/aromatic N) is 1. The average molecular weight is 472 g/mol. The third-order valence-corrected chi connectivity index (χ3v) is 7.73. The second-order valence-corrected chi connectivity index (χ2v) is 9.48. The number of allylic oxidation sites excluding steroid dienone is 3. The Morgan fingerprint density at radius 3 is 1.67 bits per heavy atom. The highest BCUT2D eigenvalue weighted by molar-refractivity contribution is 6.42. The lowest BCUT2D eigenvalue weighted by Crippen LogP contribution is -2.33. The molecule has 0 spiro atoms. The molecule has 162 valence electrons. The van der Waals surface area contributed by atoms with E-state index >= 15 is 0 Å². The summed E-state index contributed by atoms with van der Waals surface area (Å²) in [6, 6.07) is 25.3. The maximum Gasteiger partial charge on any atom is 0.238 e. The molecule has 5 heteroatoms. The van der Waals surface area contributed by atoms with E-state index in [-0.39, 0.29) is 23.7 Å². The predicted octanol–water partition coefficient (Wildman–Crippen LogP) is 6.42. The highest BCUT2D eigenvalue weighted by Crippen LogP contribution is 2.59. The summed E-state index contributed by atoms with van der Waals surface area (Å²) in [7, 11) is 0. The summed E-state index contributed by atoms with van der Waals surface area (Å²) in [4.78, 5) is 28.5. The third-order valence-electron chi connectivity index (χ3n) is 6.99. The van der Waals surface area contributed by atoms with Crippen LogP contribution in [0.4, 0.5) is 5.69 Å². The first-order valence-corrected chi connectivity index (χ1v) is 11.7. The fourth-order valence-corrected chi connectivity index (χ4v) is 5.98. The molecule has 2 aliphatic carbocycles. The van der Waals surface area contributed by atoms with E-state index in [9.17, 15) is 9.59 Å². The molecular formula is C28H19Cl2NO2. The molecule has 1 heterocycles. The minimum atomic E-state index is -0.403. The van der Waals surface area contributed by atoms with Crippen LogP contribution in [0, 0.1) is 23.7 Å². The Labute approximate surface area is 201 Å². The number of halogens is 2. The van der Waals surface area contributed by atoms with E-state index in [1.165, 1.54) is 4.90 Å². The molecule has 1 saturated heterocycles. The van der Waals surface area contributed by atoms with Crippen LogP contribution in [-0.2, 0) is 9.59 Å². The van der Waals surface area contributed by atoms with Crippen molar-refractivity contribution in [3.05, 3.63) is 118 Å². The third kappa shape index (κ3) is 3.03. The monoisotopic (exact) mass is 471 g/mol. The molecule has 1 aliphatic heterocycles. The molecular weight excluding hydrogens is 453 g/mol. The molecule has 2 amide bonds. The quantitative estimate of drug-likeness (QED) is 0.326. The summed E-state index contributed by atoms with van der Waals surface area (Å²) in [5.74, 6) is -1.37. The van der Waals surface area contributed by atoms with Crippen LogP contribution < -0.4 is 4.90 Å². The molecule has 2 bridgehead atoms. The Bertz CT molecular complexity index is 1270. The first-order chi connectivity index (χ1) is 16.1. The fraction of sp³-hybridized carbons (Fsp3) is 0.143. The van der Waals surface area contributed by atoms with Gasteiger partial charge in [0.25, 0.3) is 0 Å². The molecule has 3 nitrogen and oxygen atoms in total. The van der Waals surface area contributed by atoms with Crippen LogP contribution in [0.1, 0.15) is 11.1 Å². The van der Waals surface area contributed by atoms with Crippen LogP contribution in [0.25, 0.3) is 5.57 Å². The smallest absolute Gasteiger partial charge is 0.238 e. The first-order valence-electron chi connectivity index (χ1n) is 10.9. The second-order valence-electron chi connectivity index (χ2n) is 8.66. The van der Waals surface area contributed by atoms with Crippen molar-refractivity contribution in [2.45, 2.75) is 0 Å². The van der Waals surface area contributed by atoms with Gasteiger partial charge in [0.15, 0.2) is 0 Å². The summed E-state index contributed by atoms with van der Waals surface area (Å²) in [6.07, 6.45) is 4.22. The number of amides is 2. The van der Waals surface area contributed by atoms with Gasteiger partial charge in [0, 0.05) is 11.8 Å². The van der Waals surface area contributed by atoms with Gasteiger partial charge in [-0.2, -0.15) is 0 Å². The Balaban J connectivity index is 1.48. The van der Waals surface area contributed by atoms with E-state index in [0.29, 0.717) is 15.7 Å². The summed E-state index contributed by atoms with van der Waals surface area (Å²) in [6.45, 7) is 0. The number of carbonyl (C=O) groups excluding carboxylic acids is 2. The van der Waals surface area contributed by atoms with Crippen molar-refractivity contribution in [3.63, 3.8) is 0 Å². The molecule has 0 aromatic heterocycles. The van der Waals surface area contributed by atoms with E-state index < -0.39 is 11.8 Å². The number of rotatable bonds is 3. The van der Waals surface area contributed by atoms with Crippen LogP contribution in [0.2, 0.25) is 10.0 Å². The standard InChI is InChI=1S/C28H19Cl2NO2/c29-21-14-11-18(15-22(21)30)31-27(32)25-19-12-13-20(26(25)28(31)33)24(19)23(16-7-3-1-4-8-16)17-9-5-2-6-10-17/h1-15,19-20,25-26H/t19-,20-,25-,26-/m0/s1. The van der Waals surface area contributed by atoms with Gasteiger partial charge >= 0.3 is 0 Å². The number of carbonyl (C=O) groups is 2. The van der Waals surface area contributed by atoms with Crippen LogP contribution in [0.5, 0.6) is 0 Å². The Morgan fingerprint density at radius 2 is 1.18 bits per heavy atom. The largest absolute Gasteiger partial charge is 0.274 e. The Hall–Kier alpha value is -3.14. The van der Waals surface area contributed by atoms with Gasteiger partial charge in [-0.3, -0.25) is 9.59 Å². The van der Waals surface area contributed by atoms with Crippen molar-refractivity contribution in [3.8, 4) is 0 Å². The maximum atomic E-state index is 13.6. The molecule has 6 rings (SSSR count). The predicted molar refractivity (Wildman–Crippen MR) is 131 cm³/mol. The van der Waals surface area contributed by atoms with Gasteiger partial charge in [-0.05, 0) is 40.5 Å². The zero-order valence-corrected chi connectivity index (χ0v) is 19.0. The van der Waals surface area contributed by atoms with Crippen molar-refractivity contribution < 1.29 is 9.59 Å². The van der Waals surface area contributed by atoms with Crippen molar-refractivity contribution in [2.75, 3.05) is 4.90 Å². The molecule has 1 saturated carbocycles. The van der Waals surface area contributed by atoms with Gasteiger partial charge < -0.3 is 0 Å². The van der Waals surface area contributed by atoms with E-state index in [4.69, 9.17) is 23.2 Å². The Morgan fingerprint density at radius 1 is 0.667 bits per heavy atom. The topological polar surface area (TPSA) is 37.4 Å². The number of benzene rings is 3. The van der Waals surface area contributed by atoms with E-state index in [0.717, 1.165) is 22.3 Å². The molecule has 0 unspecified atom stereocenters. The minimum Gasteiger partial charge on any atom is -0.274 e. The SMILES string of the molecule is O=C1[C@@H]2[C@@H](C(=O)N1c1ccc(Cl)c(Cl)c1)[C@H]1C=C[C@H]2C1=C(c1ccccc1)c1ccccc1. The summed E-state index contributed by atoms with van der Waals surface area (Å²) in [5, 5.41) is 0.714. The summed E-state index contributed by atoms with van der Waals surface area (Å²) in [5.41, 5.74) is 4.95. The highest BCUT2D eigenvalue weighted by Gasteiger charge is 2.62. The zero-order valence-electron chi connectivity index (χ0n) is 17.5. The number of fused-ring (bicyclic) bond motifs is 5. The Kier molecular flexibility index (Phi) is 4.79.